The first-order chi connectivity index (χ1) is 6.93. The van der Waals surface area contributed by atoms with Crippen molar-refractivity contribution in [2.75, 3.05) is 13.1 Å². The number of H-pyrrole nitrogens is 1. The highest BCUT2D eigenvalue weighted by Gasteiger charge is 2.18. The van der Waals surface area contributed by atoms with Gasteiger partial charge in [0.1, 0.15) is 5.65 Å². The van der Waals surface area contributed by atoms with Gasteiger partial charge in [-0.25, -0.2) is 4.98 Å². The van der Waals surface area contributed by atoms with Gasteiger partial charge < -0.3 is 10.3 Å². The first kappa shape index (κ1) is 8.00. The third kappa shape index (κ3) is 1.21. The van der Waals surface area contributed by atoms with E-state index in [1.165, 1.54) is 17.5 Å². The summed E-state index contributed by atoms with van der Waals surface area (Å²) in [6.07, 6.45) is 3.06. The Kier molecular flexibility index (Phi) is 1.77. The van der Waals surface area contributed by atoms with E-state index in [1.807, 2.05) is 12.3 Å². The van der Waals surface area contributed by atoms with Crippen molar-refractivity contribution in [1.82, 2.24) is 15.3 Å². The van der Waals surface area contributed by atoms with E-state index >= 15 is 0 Å². The molecule has 3 heterocycles. The Balaban J connectivity index is 2.05. The molecule has 2 aromatic rings. The average Bonchev–Trinajstić information content (AvgIpc) is 2.86. The summed E-state index contributed by atoms with van der Waals surface area (Å²) in [7, 11) is 0. The highest BCUT2D eigenvalue weighted by atomic mass is 14.9. The number of hydrogen-bond acceptors (Lipinski definition) is 2. The molecule has 0 aromatic carbocycles. The van der Waals surface area contributed by atoms with Gasteiger partial charge in [0.15, 0.2) is 0 Å². The van der Waals surface area contributed by atoms with Crippen LogP contribution in [-0.2, 0) is 0 Å². The van der Waals surface area contributed by atoms with Gasteiger partial charge in [-0.2, -0.15) is 0 Å². The summed E-state index contributed by atoms with van der Waals surface area (Å²) < 4.78 is 0. The Morgan fingerprint density at radius 3 is 3.21 bits per heavy atom. The van der Waals surface area contributed by atoms with Crippen molar-refractivity contribution >= 4 is 11.0 Å². The third-order valence-electron chi connectivity index (χ3n) is 2.91. The summed E-state index contributed by atoms with van der Waals surface area (Å²) in [5, 5.41) is 4.59. The predicted octanol–water partition coefficient (Wildman–Crippen LogP) is 1.64. The Labute approximate surface area is 82.5 Å². The third-order valence-corrected chi connectivity index (χ3v) is 2.91. The molecule has 2 aromatic heterocycles. The van der Waals surface area contributed by atoms with Gasteiger partial charge in [-0.05, 0) is 31.2 Å². The lowest BCUT2D eigenvalue weighted by Crippen LogP contribution is -2.07. The van der Waals surface area contributed by atoms with E-state index < -0.39 is 0 Å². The molecule has 0 amide bonds. The molecule has 1 fully saturated rings. The lowest BCUT2D eigenvalue weighted by molar-refractivity contribution is 0.743. The van der Waals surface area contributed by atoms with Crippen molar-refractivity contribution in [3.63, 3.8) is 0 Å². The number of fused-ring (bicyclic) bond motifs is 1. The number of nitrogens with one attached hydrogen (secondary N) is 2. The van der Waals surface area contributed by atoms with Crippen LogP contribution in [0, 0.1) is 0 Å². The molecule has 72 valence electrons. The molecule has 0 unspecified atom stereocenters. The van der Waals surface area contributed by atoms with Gasteiger partial charge in [-0.15, -0.1) is 0 Å². The molecular weight excluding hydrogens is 174 g/mol. The second-order valence-electron chi connectivity index (χ2n) is 3.86. The van der Waals surface area contributed by atoms with Gasteiger partial charge in [0.25, 0.3) is 0 Å². The molecule has 1 aliphatic heterocycles. The molecule has 0 bridgehead atoms. The number of rotatable bonds is 1. The van der Waals surface area contributed by atoms with Gasteiger partial charge in [-0.1, -0.05) is 0 Å². The molecule has 3 heteroatoms. The Morgan fingerprint density at radius 1 is 1.43 bits per heavy atom. The van der Waals surface area contributed by atoms with Gasteiger partial charge in [0.2, 0.25) is 0 Å². The standard InChI is InChI=1S/C11H13N3/c1-2-8-6-10(9-3-5-12-7-9)14-11(8)13-4-1/h1-2,4,6,9,12H,3,5,7H2,(H,13,14)/t9-/m0/s1. The summed E-state index contributed by atoms with van der Waals surface area (Å²) in [6, 6.07) is 6.30. The van der Waals surface area contributed by atoms with Crippen LogP contribution in [-0.4, -0.2) is 23.1 Å². The van der Waals surface area contributed by atoms with E-state index in [0.29, 0.717) is 5.92 Å². The summed E-state index contributed by atoms with van der Waals surface area (Å²) >= 11 is 0. The largest absolute Gasteiger partial charge is 0.343 e. The number of aromatic nitrogens is 2. The Morgan fingerprint density at radius 2 is 2.43 bits per heavy atom. The summed E-state index contributed by atoms with van der Waals surface area (Å²) in [6.45, 7) is 2.22. The zero-order chi connectivity index (χ0) is 9.38. The van der Waals surface area contributed by atoms with Crippen LogP contribution in [0.1, 0.15) is 18.0 Å². The lowest BCUT2D eigenvalue weighted by atomic mass is 10.1. The molecule has 3 nitrogen and oxygen atoms in total. The fraction of sp³-hybridized carbons (Fsp3) is 0.364. The van der Waals surface area contributed by atoms with Crippen molar-refractivity contribution in [2.45, 2.75) is 12.3 Å². The van der Waals surface area contributed by atoms with Crippen LogP contribution >= 0.6 is 0 Å². The Hall–Kier alpha value is -1.35. The summed E-state index contributed by atoms with van der Waals surface area (Å²) in [5.41, 5.74) is 2.33. The highest BCUT2D eigenvalue weighted by Crippen LogP contribution is 2.24. The molecule has 1 saturated heterocycles. The minimum absolute atomic E-state index is 0.643. The quantitative estimate of drug-likeness (QED) is 0.712. The van der Waals surface area contributed by atoms with Crippen LogP contribution in [0.15, 0.2) is 24.4 Å². The van der Waals surface area contributed by atoms with Crippen LogP contribution in [0.5, 0.6) is 0 Å². The summed E-state index contributed by atoms with van der Waals surface area (Å²) in [5.74, 6) is 0.643. The first-order valence-electron chi connectivity index (χ1n) is 5.08. The van der Waals surface area contributed by atoms with Gasteiger partial charge >= 0.3 is 0 Å². The summed E-state index contributed by atoms with van der Waals surface area (Å²) in [4.78, 5) is 7.68. The fourth-order valence-electron chi connectivity index (χ4n) is 2.12. The Bertz CT molecular complexity index is 407. The van der Waals surface area contributed by atoms with Crippen molar-refractivity contribution in [3.8, 4) is 0 Å². The van der Waals surface area contributed by atoms with Crippen molar-refractivity contribution in [3.05, 3.63) is 30.1 Å². The number of hydrogen-bond donors (Lipinski definition) is 2. The van der Waals surface area contributed by atoms with E-state index in [0.717, 1.165) is 18.7 Å². The maximum atomic E-state index is 4.30. The predicted molar refractivity (Wildman–Crippen MR) is 56.3 cm³/mol. The zero-order valence-corrected chi connectivity index (χ0v) is 7.96. The maximum Gasteiger partial charge on any atom is 0.137 e. The van der Waals surface area contributed by atoms with Gasteiger partial charge in [-0.3, -0.25) is 0 Å². The maximum absolute atomic E-state index is 4.30. The van der Waals surface area contributed by atoms with Crippen molar-refractivity contribution in [2.24, 2.45) is 0 Å². The van der Waals surface area contributed by atoms with E-state index in [-0.39, 0.29) is 0 Å². The second-order valence-corrected chi connectivity index (χ2v) is 3.86. The topological polar surface area (TPSA) is 40.7 Å². The zero-order valence-electron chi connectivity index (χ0n) is 7.96. The lowest BCUT2D eigenvalue weighted by Gasteiger charge is -2.03. The van der Waals surface area contributed by atoms with Crippen LogP contribution < -0.4 is 5.32 Å². The number of nitrogens with zero attached hydrogens (tertiary/aromatic N) is 1. The van der Waals surface area contributed by atoms with E-state index in [9.17, 15) is 0 Å². The number of pyridine rings is 1. The fourth-order valence-corrected chi connectivity index (χ4v) is 2.12. The van der Waals surface area contributed by atoms with Crippen LogP contribution in [0.3, 0.4) is 0 Å². The van der Waals surface area contributed by atoms with Gasteiger partial charge in [0.05, 0.1) is 0 Å². The molecule has 3 rings (SSSR count). The molecule has 0 aliphatic carbocycles. The normalized spacial score (nSPS) is 21.9. The molecule has 0 spiro atoms. The van der Waals surface area contributed by atoms with E-state index in [4.69, 9.17) is 0 Å². The molecule has 14 heavy (non-hydrogen) atoms. The van der Waals surface area contributed by atoms with E-state index in [1.54, 1.807) is 0 Å². The monoisotopic (exact) mass is 187 g/mol. The van der Waals surface area contributed by atoms with Gasteiger partial charge in [0, 0.05) is 29.7 Å². The molecule has 0 saturated carbocycles. The molecule has 1 aliphatic rings. The highest BCUT2D eigenvalue weighted by molar-refractivity contribution is 5.76. The number of aromatic amines is 1. The molecule has 0 radical (unpaired) electrons. The minimum atomic E-state index is 0.643. The molecule has 2 N–H and O–H groups in total. The van der Waals surface area contributed by atoms with Crippen molar-refractivity contribution in [1.29, 1.82) is 0 Å². The second kappa shape index (κ2) is 3.10. The van der Waals surface area contributed by atoms with Crippen LogP contribution in [0.25, 0.3) is 11.0 Å². The van der Waals surface area contributed by atoms with E-state index in [2.05, 4.69) is 27.4 Å². The average molecular weight is 187 g/mol. The minimum Gasteiger partial charge on any atom is -0.343 e. The first-order valence-corrected chi connectivity index (χ1v) is 5.08. The van der Waals surface area contributed by atoms with Crippen molar-refractivity contribution < 1.29 is 0 Å². The van der Waals surface area contributed by atoms with Crippen LogP contribution in [0.4, 0.5) is 0 Å². The molecule has 1 atom stereocenters. The smallest absolute Gasteiger partial charge is 0.137 e. The molecular formula is C11H13N3. The van der Waals surface area contributed by atoms with Crippen LogP contribution in [0.2, 0.25) is 0 Å². The SMILES string of the molecule is c1cnc2[nH]c([C@H]3CCNC3)cc2c1.